The van der Waals surface area contributed by atoms with E-state index in [-0.39, 0.29) is 6.29 Å². The van der Waals surface area contributed by atoms with Crippen molar-refractivity contribution in [3.8, 4) is 0 Å². The fraction of sp³-hybridized carbons (Fsp3) is 0.333. The van der Waals surface area contributed by atoms with E-state index in [0.717, 1.165) is 0 Å². The standard InChI is InChI=1S/C12H13Cl2N3O2/c1-18-10(19-2)6-15-12-11(14)16-8-4-3-7(13)5-9(8)17-12/h3-5,10H,6H2,1-2H3,(H,15,17). The SMILES string of the molecule is COC(CNc1nc2cc(Cl)ccc2nc1Cl)OC. The number of benzene rings is 1. The van der Waals surface area contributed by atoms with Crippen molar-refractivity contribution in [2.75, 3.05) is 26.1 Å². The Kier molecular flexibility index (Phi) is 4.76. The molecule has 0 spiro atoms. The zero-order valence-electron chi connectivity index (χ0n) is 10.5. The number of nitrogens with zero attached hydrogens (tertiary/aromatic N) is 2. The molecule has 0 bridgehead atoms. The number of hydrogen-bond acceptors (Lipinski definition) is 5. The Morgan fingerprint density at radius 2 is 1.89 bits per heavy atom. The van der Waals surface area contributed by atoms with Gasteiger partial charge in [0.15, 0.2) is 17.3 Å². The molecule has 0 aliphatic heterocycles. The minimum Gasteiger partial charge on any atom is -0.362 e. The fourth-order valence-electron chi connectivity index (χ4n) is 1.56. The summed E-state index contributed by atoms with van der Waals surface area (Å²) in [5, 5.41) is 3.92. The molecule has 0 aliphatic rings. The number of methoxy groups -OCH3 is 2. The molecule has 102 valence electrons. The van der Waals surface area contributed by atoms with Gasteiger partial charge in [0.1, 0.15) is 0 Å². The molecule has 0 saturated carbocycles. The van der Waals surface area contributed by atoms with Gasteiger partial charge >= 0.3 is 0 Å². The molecule has 0 amide bonds. The summed E-state index contributed by atoms with van der Waals surface area (Å²) in [6, 6.07) is 5.25. The van der Waals surface area contributed by atoms with Crippen LogP contribution in [-0.4, -0.2) is 37.0 Å². The number of ether oxygens (including phenoxy) is 2. The highest BCUT2D eigenvalue weighted by Gasteiger charge is 2.10. The molecule has 7 heteroatoms. The van der Waals surface area contributed by atoms with Crippen LogP contribution < -0.4 is 5.32 Å². The second-order valence-electron chi connectivity index (χ2n) is 3.78. The molecule has 0 aliphatic carbocycles. The summed E-state index contributed by atoms with van der Waals surface area (Å²) < 4.78 is 10.1. The second kappa shape index (κ2) is 6.34. The number of anilines is 1. The van der Waals surface area contributed by atoms with Gasteiger partial charge in [-0.2, -0.15) is 0 Å². The fourth-order valence-corrected chi connectivity index (χ4v) is 1.93. The third-order valence-electron chi connectivity index (χ3n) is 2.55. The van der Waals surface area contributed by atoms with Crippen molar-refractivity contribution in [1.82, 2.24) is 9.97 Å². The summed E-state index contributed by atoms with van der Waals surface area (Å²) in [7, 11) is 3.12. The van der Waals surface area contributed by atoms with Gasteiger partial charge in [-0.1, -0.05) is 23.2 Å². The van der Waals surface area contributed by atoms with Crippen LogP contribution in [0.1, 0.15) is 0 Å². The van der Waals surface area contributed by atoms with Crippen LogP contribution in [0, 0.1) is 0 Å². The molecule has 1 N–H and O–H groups in total. The van der Waals surface area contributed by atoms with Crippen molar-refractivity contribution in [2.45, 2.75) is 6.29 Å². The van der Waals surface area contributed by atoms with Crippen LogP contribution in [0.5, 0.6) is 0 Å². The van der Waals surface area contributed by atoms with E-state index in [1.807, 2.05) is 0 Å². The van der Waals surface area contributed by atoms with Crippen LogP contribution in [0.3, 0.4) is 0 Å². The lowest BCUT2D eigenvalue weighted by Crippen LogP contribution is -2.24. The van der Waals surface area contributed by atoms with E-state index in [9.17, 15) is 0 Å². The van der Waals surface area contributed by atoms with Gasteiger partial charge in [0, 0.05) is 19.2 Å². The number of aromatic nitrogens is 2. The number of fused-ring (bicyclic) bond motifs is 1. The summed E-state index contributed by atoms with van der Waals surface area (Å²) >= 11 is 12.0. The molecule has 0 fully saturated rings. The van der Waals surface area contributed by atoms with Crippen molar-refractivity contribution in [2.24, 2.45) is 0 Å². The molecule has 1 aromatic heterocycles. The third kappa shape index (κ3) is 3.45. The van der Waals surface area contributed by atoms with Crippen LogP contribution in [0.4, 0.5) is 5.82 Å². The van der Waals surface area contributed by atoms with Gasteiger partial charge in [-0.15, -0.1) is 0 Å². The predicted molar refractivity (Wildman–Crippen MR) is 75.9 cm³/mol. The van der Waals surface area contributed by atoms with Crippen molar-refractivity contribution in [1.29, 1.82) is 0 Å². The lowest BCUT2D eigenvalue weighted by molar-refractivity contribution is -0.0914. The normalized spacial score (nSPS) is 11.2. The van der Waals surface area contributed by atoms with E-state index in [1.54, 1.807) is 32.4 Å². The van der Waals surface area contributed by atoms with E-state index in [2.05, 4.69) is 15.3 Å². The monoisotopic (exact) mass is 301 g/mol. The van der Waals surface area contributed by atoms with E-state index >= 15 is 0 Å². The summed E-state index contributed by atoms with van der Waals surface area (Å²) in [6.07, 6.45) is -0.382. The Morgan fingerprint density at radius 1 is 1.16 bits per heavy atom. The van der Waals surface area contributed by atoms with Gasteiger partial charge in [-0.25, -0.2) is 9.97 Å². The molecule has 1 heterocycles. The first-order chi connectivity index (χ1) is 9.13. The van der Waals surface area contributed by atoms with Crippen LogP contribution in [0.2, 0.25) is 10.2 Å². The molecular formula is C12H13Cl2N3O2. The highest BCUT2D eigenvalue weighted by molar-refractivity contribution is 6.32. The largest absolute Gasteiger partial charge is 0.362 e. The van der Waals surface area contributed by atoms with Crippen molar-refractivity contribution in [3.63, 3.8) is 0 Å². The Hall–Kier alpha value is -1.14. The molecular weight excluding hydrogens is 289 g/mol. The number of halogens is 2. The molecule has 0 radical (unpaired) electrons. The first-order valence-corrected chi connectivity index (χ1v) is 6.32. The van der Waals surface area contributed by atoms with E-state index in [0.29, 0.717) is 33.6 Å². The van der Waals surface area contributed by atoms with Crippen molar-refractivity contribution >= 4 is 40.1 Å². The molecule has 1 aromatic carbocycles. The van der Waals surface area contributed by atoms with Gasteiger partial charge in [0.05, 0.1) is 17.6 Å². The zero-order valence-corrected chi connectivity index (χ0v) is 12.0. The van der Waals surface area contributed by atoms with Gasteiger partial charge in [0.2, 0.25) is 0 Å². The van der Waals surface area contributed by atoms with Crippen molar-refractivity contribution in [3.05, 3.63) is 28.4 Å². The average Bonchev–Trinajstić information content (AvgIpc) is 2.40. The first kappa shape index (κ1) is 14.3. The minimum absolute atomic E-state index is 0.292. The first-order valence-electron chi connectivity index (χ1n) is 5.56. The van der Waals surface area contributed by atoms with Gasteiger partial charge in [-0.05, 0) is 18.2 Å². The minimum atomic E-state index is -0.382. The maximum atomic E-state index is 6.06. The maximum absolute atomic E-state index is 6.06. The summed E-state index contributed by atoms with van der Waals surface area (Å²) in [5.41, 5.74) is 1.36. The molecule has 0 saturated heterocycles. The lowest BCUT2D eigenvalue weighted by Gasteiger charge is -2.15. The number of hydrogen-bond donors (Lipinski definition) is 1. The third-order valence-corrected chi connectivity index (χ3v) is 3.04. The van der Waals surface area contributed by atoms with E-state index in [1.165, 1.54) is 0 Å². The van der Waals surface area contributed by atoms with Crippen LogP contribution >= 0.6 is 23.2 Å². The molecule has 0 unspecified atom stereocenters. The second-order valence-corrected chi connectivity index (χ2v) is 4.57. The van der Waals surface area contributed by atoms with E-state index < -0.39 is 0 Å². The molecule has 0 atom stereocenters. The van der Waals surface area contributed by atoms with Crippen molar-refractivity contribution < 1.29 is 9.47 Å². The summed E-state index contributed by atoms with van der Waals surface area (Å²) in [6.45, 7) is 0.410. The Bertz CT molecular complexity index is 576. The smallest absolute Gasteiger partial charge is 0.173 e. The molecule has 19 heavy (non-hydrogen) atoms. The Morgan fingerprint density at radius 3 is 2.58 bits per heavy atom. The summed E-state index contributed by atoms with van der Waals surface area (Å²) in [5.74, 6) is 0.468. The molecule has 5 nitrogen and oxygen atoms in total. The topological polar surface area (TPSA) is 56.3 Å². The Labute approximate surface area is 120 Å². The molecule has 2 rings (SSSR count). The Balaban J connectivity index is 2.25. The maximum Gasteiger partial charge on any atom is 0.173 e. The van der Waals surface area contributed by atoms with Crippen LogP contribution in [0.25, 0.3) is 11.0 Å². The van der Waals surface area contributed by atoms with Gasteiger partial charge in [0.25, 0.3) is 0 Å². The highest BCUT2D eigenvalue weighted by Crippen LogP contribution is 2.23. The predicted octanol–water partition coefficient (Wildman–Crippen LogP) is 2.97. The number of nitrogens with one attached hydrogen (secondary N) is 1. The average molecular weight is 302 g/mol. The van der Waals surface area contributed by atoms with E-state index in [4.69, 9.17) is 32.7 Å². The zero-order chi connectivity index (χ0) is 13.8. The number of rotatable bonds is 5. The van der Waals surface area contributed by atoms with Gasteiger partial charge in [-0.3, -0.25) is 0 Å². The lowest BCUT2D eigenvalue weighted by atomic mass is 10.3. The quantitative estimate of drug-likeness (QED) is 0.861. The molecule has 2 aromatic rings. The van der Waals surface area contributed by atoms with Crippen LogP contribution in [-0.2, 0) is 9.47 Å². The van der Waals surface area contributed by atoms with Crippen LogP contribution in [0.15, 0.2) is 18.2 Å². The highest BCUT2D eigenvalue weighted by atomic mass is 35.5. The van der Waals surface area contributed by atoms with Gasteiger partial charge < -0.3 is 14.8 Å². The summed E-state index contributed by atoms with van der Waals surface area (Å²) in [4.78, 5) is 8.62.